The Labute approximate surface area is 196 Å². The highest BCUT2D eigenvalue weighted by Crippen LogP contribution is 2.20. The van der Waals surface area contributed by atoms with Crippen LogP contribution < -0.4 is 26.6 Å². The molecule has 0 aliphatic rings. The molecule has 3 rings (SSSR count). The van der Waals surface area contributed by atoms with Crippen molar-refractivity contribution in [3.8, 4) is 5.75 Å². The molecular weight excluding hydrogens is 439 g/mol. The van der Waals surface area contributed by atoms with Gasteiger partial charge < -0.3 is 15.4 Å². The van der Waals surface area contributed by atoms with Crippen molar-refractivity contribution in [2.24, 2.45) is 5.92 Å². The zero-order chi connectivity index (χ0) is 24.7. The third-order valence-electron chi connectivity index (χ3n) is 5.30. The van der Waals surface area contributed by atoms with Crippen LogP contribution in [0.2, 0.25) is 0 Å². The molecule has 0 unspecified atom stereocenters. The minimum absolute atomic E-state index is 0.0319. The molecule has 3 N–H and O–H groups in total. The van der Waals surface area contributed by atoms with E-state index in [1.54, 1.807) is 0 Å². The number of anilines is 2. The van der Waals surface area contributed by atoms with Crippen LogP contribution in [0.4, 0.5) is 15.9 Å². The van der Waals surface area contributed by atoms with E-state index in [-0.39, 0.29) is 55.3 Å². The van der Waals surface area contributed by atoms with E-state index in [9.17, 15) is 18.8 Å². The van der Waals surface area contributed by atoms with Crippen molar-refractivity contribution in [3.63, 3.8) is 0 Å². The number of aromatic amines is 1. The summed E-state index contributed by atoms with van der Waals surface area (Å²) in [5.74, 6) is -0.138. The largest absolute Gasteiger partial charge is 0.493 e. The smallest absolute Gasteiger partial charge is 0.330 e. The Morgan fingerprint density at radius 3 is 2.44 bits per heavy atom. The van der Waals surface area contributed by atoms with Crippen LogP contribution in [0.3, 0.4) is 0 Å². The lowest BCUT2D eigenvalue weighted by Gasteiger charge is -2.25. The number of benzene rings is 2. The number of carbonyl (C=O) groups excluding carboxylic acids is 1. The second-order valence-corrected chi connectivity index (χ2v) is 8.35. The van der Waals surface area contributed by atoms with E-state index in [4.69, 9.17) is 10.5 Å². The van der Waals surface area contributed by atoms with Gasteiger partial charge in [0.25, 0.3) is 5.56 Å². The lowest BCUT2D eigenvalue weighted by molar-refractivity contribution is -0.119. The lowest BCUT2D eigenvalue weighted by atomic mass is 10.1. The summed E-state index contributed by atoms with van der Waals surface area (Å²) in [6, 6.07) is 14.7. The van der Waals surface area contributed by atoms with Crippen molar-refractivity contribution in [1.29, 1.82) is 0 Å². The summed E-state index contributed by atoms with van der Waals surface area (Å²) >= 11 is 0. The van der Waals surface area contributed by atoms with Crippen LogP contribution in [-0.4, -0.2) is 28.6 Å². The number of rotatable bonds is 10. The summed E-state index contributed by atoms with van der Waals surface area (Å²) in [4.78, 5) is 42.0. The summed E-state index contributed by atoms with van der Waals surface area (Å²) in [6.45, 7) is 4.44. The van der Waals surface area contributed by atoms with Crippen LogP contribution in [-0.2, 0) is 11.3 Å². The van der Waals surface area contributed by atoms with Gasteiger partial charge in [-0.15, -0.1) is 0 Å². The number of hydrogen-bond acceptors (Lipinski definition) is 5. The number of hydrogen-bond donors (Lipinski definition) is 2. The first-order chi connectivity index (χ1) is 16.3. The number of nitrogen functional groups attached to an aromatic ring is 1. The summed E-state index contributed by atoms with van der Waals surface area (Å²) in [5.41, 5.74) is 5.70. The van der Waals surface area contributed by atoms with Gasteiger partial charge >= 0.3 is 5.69 Å². The van der Waals surface area contributed by atoms with Gasteiger partial charge in [0.15, 0.2) is 5.69 Å². The normalized spacial score (nSPS) is 10.9. The van der Waals surface area contributed by atoms with Gasteiger partial charge in [-0.3, -0.25) is 19.1 Å². The van der Waals surface area contributed by atoms with Gasteiger partial charge in [0, 0.05) is 6.54 Å². The average molecular weight is 469 g/mol. The monoisotopic (exact) mass is 468 g/mol. The summed E-state index contributed by atoms with van der Waals surface area (Å²) in [7, 11) is 0. The molecule has 0 aliphatic heterocycles. The fraction of sp³-hybridized carbons (Fsp3) is 0.320. The van der Waals surface area contributed by atoms with Gasteiger partial charge in [0.1, 0.15) is 17.4 Å². The second kappa shape index (κ2) is 11.3. The van der Waals surface area contributed by atoms with Gasteiger partial charge in [-0.25, -0.2) is 9.18 Å². The minimum Gasteiger partial charge on any atom is -0.493 e. The molecule has 1 aromatic heterocycles. The lowest BCUT2D eigenvalue weighted by Crippen LogP contribution is -2.42. The molecule has 8 nitrogen and oxygen atoms in total. The van der Waals surface area contributed by atoms with Crippen LogP contribution in [0.15, 0.2) is 64.2 Å². The van der Waals surface area contributed by atoms with Crippen LogP contribution in [0.25, 0.3) is 0 Å². The number of halogens is 1. The van der Waals surface area contributed by atoms with Crippen molar-refractivity contribution < 1.29 is 13.9 Å². The quantitative estimate of drug-likeness (QED) is 0.475. The first-order valence-electron chi connectivity index (χ1n) is 11.1. The van der Waals surface area contributed by atoms with Crippen LogP contribution >= 0.6 is 0 Å². The standard InChI is InChI=1S/C25H29FN4O4/c1-17(2)12-14-29(21(31)13-15-34-20-10-8-19(26)9-11-20)22-23(27)30(25(33)28-24(22)32)16-18-6-4-3-5-7-18/h3-11,17H,12-16,27H2,1-2H3,(H,28,32,33). The highest BCUT2D eigenvalue weighted by atomic mass is 19.1. The van der Waals surface area contributed by atoms with E-state index in [1.165, 1.54) is 33.7 Å². The highest BCUT2D eigenvalue weighted by Gasteiger charge is 2.24. The first-order valence-corrected chi connectivity index (χ1v) is 11.1. The van der Waals surface area contributed by atoms with Gasteiger partial charge in [-0.2, -0.15) is 0 Å². The molecule has 0 fully saturated rings. The molecule has 0 saturated carbocycles. The molecule has 0 spiro atoms. The van der Waals surface area contributed by atoms with E-state index >= 15 is 0 Å². The van der Waals surface area contributed by atoms with Crippen LogP contribution in [0.5, 0.6) is 5.75 Å². The molecule has 180 valence electrons. The fourth-order valence-corrected chi connectivity index (χ4v) is 3.43. The molecule has 0 atom stereocenters. The minimum atomic E-state index is -0.719. The number of amides is 1. The molecule has 1 heterocycles. The van der Waals surface area contributed by atoms with Crippen molar-refractivity contribution >= 4 is 17.4 Å². The maximum absolute atomic E-state index is 13.1. The number of ether oxygens (including phenoxy) is 1. The van der Waals surface area contributed by atoms with E-state index in [2.05, 4.69) is 4.98 Å². The zero-order valence-electron chi connectivity index (χ0n) is 19.3. The highest BCUT2D eigenvalue weighted by molar-refractivity contribution is 5.95. The summed E-state index contributed by atoms with van der Waals surface area (Å²) < 4.78 is 19.9. The molecule has 2 aromatic carbocycles. The molecule has 3 aromatic rings. The van der Waals surface area contributed by atoms with E-state index in [0.717, 1.165) is 5.56 Å². The number of nitrogens with one attached hydrogen (secondary N) is 1. The van der Waals surface area contributed by atoms with Crippen molar-refractivity contribution in [2.45, 2.75) is 33.2 Å². The summed E-state index contributed by atoms with van der Waals surface area (Å²) in [5, 5.41) is 0. The Balaban J connectivity index is 1.87. The van der Waals surface area contributed by atoms with Crippen LogP contribution in [0.1, 0.15) is 32.3 Å². The molecule has 34 heavy (non-hydrogen) atoms. The Bertz CT molecular complexity index is 1220. The SMILES string of the molecule is CC(C)CCN(C(=O)CCOc1ccc(F)cc1)c1c(N)n(Cc2ccccc2)c(=O)[nH]c1=O. The maximum Gasteiger partial charge on any atom is 0.330 e. The Morgan fingerprint density at radius 1 is 1.12 bits per heavy atom. The van der Waals surface area contributed by atoms with E-state index in [0.29, 0.717) is 12.2 Å². The fourth-order valence-electron chi connectivity index (χ4n) is 3.43. The van der Waals surface area contributed by atoms with E-state index < -0.39 is 11.2 Å². The topological polar surface area (TPSA) is 110 Å². The van der Waals surface area contributed by atoms with Gasteiger partial charge in [-0.05, 0) is 42.2 Å². The zero-order valence-corrected chi connectivity index (χ0v) is 19.3. The molecular formula is C25H29FN4O4. The van der Waals surface area contributed by atoms with E-state index in [1.807, 2.05) is 44.2 Å². The molecule has 0 aliphatic carbocycles. The van der Waals surface area contributed by atoms with Crippen molar-refractivity contribution in [2.75, 3.05) is 23.8 Å². The van der Waals surface area contributed by atoms with Gasteiger partial charge in [-0.1, -0.05) is 44.2 Å². The number of carbonyl (C=O) groups is 1. The average Bonchev–Trinajstić information content (AvgIpc) is 2.80. The number of H-pyrrole nitrogens is 1. The summed E-state index contributed by atoms with van der Waals surface area (Å²) in [6.07, 6.45) is 0.591. The predicted octanol–water partition coefficient (Wildman–Crippen LogP) is 3.15. The first kappa shape index (κ1) is 24.8. The van der Waals surface area contributed by atoms with Gasteiger partial charge in [0.05, 0.1) is 19.6 Å². The molecule has 0 saturated heterocycles. The third-order valence-corrected chi connectivity index (χ3v) is 5.30. The molecule has 0 bridgehead atoms. The predicted molar refractivity (Wildman–Crippen MR) is 130 cm³/mol. The number of nitrogens with zero attached hydrogens (tertiary/aromatic N) is 2. The van der Waals surface area contributed by atoms with Crippen molar-refractivity contribution in [1.82, 2.24) is 9.55 Å². The molecule has 1 amide bonds. The van der Waals surface area contributed by atoms with Gasteiger partial charge in [0.2, 0.25) is 5.91 Å². The Hall–Kier alpha value is -3.88. The second-order valence-electron chi connectivity index (χ2n) is 8.35. The number of aromatic nitrogens is 2. The van der Waals surface area contributed by atoms with Crippen molar-refractivity contribution in [3.05, 3.63) is 86.8 Å². The maximum atomic E-state index is 13.1. The molecule has 9 heteroatoms. The Kier molecular flexibility index (Phi) is 8.24. The number of nitrogens with two attached hydrogens (primary N) is 1. The molecule has 0 radical (unpaired) electrons. The Morgan fingerprint density at radius 2 is 1.79 bits per heavy atom. The van der Waals surface area contributed by atoms with Crippen LogP contribution in [0, 0.1) is 11.7 Å². The third kappa shape index (κ3) is 6.34.